The van der Waals surface area contributed by atoms with Crippen molar-refractivity contribution < 1.29 is 4.79 Å². The Morgan fingerprint density at radius 3 is 2.35 bits per heavy atom. The van der Waals surface area contributed by atoms with Gasteiger partial charge in [-0.3, -0.25) is 4.79 Å². The number of rotatable bonds is 5. The summed E-state index contributed by atoms with van der Waals surface area (Å²) >= 11 is 0. The second-order valence-electron chi connectivity index (χ2n) is 6.56. The highest BCUT2D eigenvalue weighted by Gasteiger charge is 2.17. The van der Waals surface area contributed by atoms with Crippen molar-refractivity contribution in [3.63, 3.8) is 0 Å². The van der Waals surface area contributed by atoms with Gasteiger partial charge in [0.2, 0.25) is 0 Å². The van der Waals surface area contributed by atoms with Gasteiger partial charge in [0.25, 0.3) is 5.91 Å². The molecule has 5 nitrogen and oxygen atoms in total. The van der Waals surface area contributed by atoms with Crippen molar-refractivity contribution in [2.75, 3.05) is 0 Å². The molecule has 1 aromatic heterocycles. The fourth-order valence-corrected chi connectivity index (χ4v) is 2.80. The van der Waals surface area contributed by atoms with Crippen LogP contribution in [0.1, 0.15) is 45.4 Å². The third-order valence-electron chi connectivity index (χ3n) is 4.73. The quantitative estimate of drug-likeness (QED) is 0.765. The summed E-state index contributed by atoms with van der Waals surface area (Å²) in [6, 6.07) is 14.3. The third kappa shape index (κ3) is 3.67. The van der Waals surface area contributed by atoms with E-state index in [-0.39, 0.29) is 5.91 Å². The lowest BCUT2D eigenvalue weighted by molar-refractivity contribution is 0.0945. The van der Waals surface area contributed by atoms with E-state index in [1.807, 2.05) is 37.3 Å². The molecule has 0 fully saturated rings. The Labute approximate surface area is 154 Å². The molecule has 0 spiro atoms. The highest BCUT2D eigenvalue weighted by molar-refractivity contribution is 5.93. The van der Waals surface area contributed by atoms with Crippen molar-refractivity contribution in [1.82, 2.24) is 20.3 Å². The maximum absolute atomic E-state index is 12.5. The first kappa shape index (κ1) is 17.9. The first-order chi connectivity index (χ1) is 12.5. The predicted molar refractivity (Wildman–Crippen MR) is 103 cm³/mol. The van der Waals surface area contributed by atoms with Crippen molar-refractivity contribution in [2.24, 2.45) is 0 Å². The number of nitrogens with one attached hydrogen (secondary N) is 1. The van der Waals surface area contributed by atoms with E-state index < -0.39 is 0 Å². The highest BCUT2D eigenvalue weighted by Crippen LogP contribution is 2.16. The molecule has 0 atom stereocenters. The fraction of sp³-hybridized carbons (Fsp3) is 0.286. The maximum atomic E-state index is 12.5. The SMILES string of the molecule is CCc1ccc(CNC(=O)c2nnn(-c3ccc(C)c(C)c3)c2C)cc1. The Balaban J connectivity index is 1.73. The van der Waals surface area contributed by atoms with E-state index in [1.165, 1.54) is 16.7 Å². The van der Waals surface area contributed by atoms with Crippen LogP contribution in [-0.2, 0) is 13.0 Å². The molecule has 0 saturated heterocycles. The van der Waals surface area contributed by atoms with Crippen LogP contribution >= 0.6 is 0 Å². The molecule has 0 bridgehead atoms. The molecule has 0 aliphatic carbocycles. The first-order valence-corrected chi connectivity index (χ1v) is 8.85. The van der Waals surface area contributed by atoms with Crippen LogP contribution in [0.5, 0.6) is 0 Å². The molecule has 0 unspecified atom stereocenters. The van der Waals surface area contributed by atoms with Gasteiger partial charge in [-0.15, -0.1) is 5.10 Å². The second kappa shape index (κ2) is 7.52. The zero-order valence-corrected chi connectivity index (χ0v) is 15.7. The van der Waals surface area contributed by atoms with Crippen LogP contribution in [0.3, 0.4) is 0 Å². The minimum Gasteiger partial charge on any atom is -0.347 e. The number of nitrogens with zero attached hydrogens (tertiary/aromatic N) is 3. The van der Waals surface area contributed by atoms with E-state index in [1.54, 1.807) is 4.68 Å². The van der Waals surface area contributed by atoms with Gasteiger partial charge in [0.05, 0.1) is 11.4 Å². The molecule has 1 N–H and O–H groups in total. The molecule has 1 heterocycles. The number of carbonyl (C=O) groups is 1. The number of hydrogen-bond acceptors (Lipinski definition) is 3. The lowest BCUT2D eigenvalue weighted by atomic mass is 10.1. The van der Waals surface area contributed by atoms with Gasteiger partial charge in [0, 0.05) is 6.54 Å². The van der Waals surface area contributed by atoms with E-state index in [9.17, 15) is 4.79 Å². The summed E-state index contributed by atoms with van der Waals surface area (Å²) in [4.78, 5) is 12.5. The van der Waals surface area contributed by atoms with Gasteiger partial charge in [-0.05, 0) is 61.6 Å². The van der Waals surface area contributed by atoms with Gasteiger partial charge in [-0.2, -0.15) is 0 Å². The lowest BCUT2D eigenvalue weighted by Crippen LogP contribution is -2.24. The fourth-order valence-electron chi connectivity index (χ4n) is 2.80. The van der Waals surface area contributed by atoms with Crippen LogP contribution in [0.4, 0.5) is 0 Å². The van der Waals surface area contributed by atoms with Gasteiger partial charge in [-0.25, -0.2) is 4.68 Å². The Hall–Kier alpha value is -2.95. The summed E-state index contributed by atoms with van der Waals surface area (Å²) in [5, 5.41) is 11.2. The average Bonchev–Trinajstić information content (AvgIpc) is 3.04. The zero-order chi connectivity index (χ0) is 18.7. The van der Waals surface area contributed by atoms with E-state index in [0.717, 1.165) is 23.4 Å². The van der Waals surface area contributed by atoms with Crippen LogP contribution in [-0.4, -0.2) is 20.9 Å². The number of aromatic nitrogens is 3. The molecule has 2 aromatic carbocycles. The molecule has 5 heteroatoms. The largest absolute Gasteiger partial charge is 0.347 e. The van der Waals surface area contributed by atoms with Gasteiger partial charge in [0.15, 0.2) is 5.69 Å². The Kier molecular flexibility index (Phi) is 5.16. The summed E-state index contributed by atoms with van der Waals surface area (Å²) < 4.78 is 1.71. The number of benzene rings is 2. The van der Waals surface area contributed by atoms with E-state index >= 15 is 0 Å². The van der Waals surface area contributed by atoms with Crippen molar-refractivity contribution >= 4 is 5.91 Å². The molecular formula is C21H24N4O. The smallest absolute Gasteiger partial charge is 0.274 e. The Bertz CT molecular complexity index is 926. The van der Waals surface area contributed by atoms with Crippen molar-refractivity contribution in [2.45, 2.75) is 40.7 Å². The first-order valence-electron chi connectivity index (χ1n) is 8.85. The predicted octanol–water partition coefficient (Wildman–Crippen LogP) is 3.68. The summed E-state index contributed by atoms with van der Waals surface area (Å²) in [6.07, 6.45) is 1.01. The minimum atomic E-state index is -0.211. The monoisotopic (exact) mass is 348 g/mol. The molecule has 0 saturated carbocycles. The van der Waals surface area contributed by atoms with Crippen molar-refractivity contribution in [3.05, 3.63) is 76.1 Å². The van der Waals surface area contributed by atoms with Gasteiger partial charge < -0.3 is 5.32 Å². The molecule has 0 aliphatic rings. The number of carbonyl (C=O) groups excluding carboxylic acids is 1. The van der Waals surface area contributed by atoms with Crippen LogP contribution in [0.15, 0.2) is 42.5 Å². The normalized spacial score (nSPS) is 10.8. The maximum Gasteiger partial charge on any atom is 0.274 e. The van der Waals surface area contributed by atoms with Crippen molar-refractivity contribution in [1.29, 1.82) is 0 Å². The van der Waals surface area contributed by atoms with E-state index in [4.69, 9.17) is 0 Å². The molecule has 1 amide bonds. The van der Waals surface area contributed by atoms with Crippen LogP contribution < -0.4 is 5.32 Å². The van der Waals surface area contributed by atoms with Crippen LogP contribution in [0, 0.1) is 20.8 Å². The summed E-state index contributed by atoms with van der Waals surface area (Å²) in [5.74, 6) is -0.211. The Morgan fingerprint density at radius 1 is 1.00 bits per heavy atom. The van der Waals surface area contributed by atoms with Crippen LogP contribution in [0.25, 0.3) is 5.69 Å². The van der Waals surface area contributed by atoms with Gasteiger partial charge in [-0.1, -0.05) is 42.5 Å². The lowest BCUT2D eigenvalue weighted by Gasteiger charge is -2.07. The van der Waals surface area contributed by atoms with Crippen molar-refractivity contribution in [3.8, 4) is 5.69 Å². The summed E-state index contributed by atoms with van der Waals surface area (Å²) in [6.45, 7) is 8.58. The molecule has 0 aliphatic heterocycles. The average molecular weight is 348 g/mol. The molecule has 134 valence electrons. The molecular weight excluding hydrogens is 324 g/mol. The zero-order valence-electron chi connectivity index (χ0n) is 15.7. The number of aryl methyl sites for hydroxylation is 3. The van der Waals surface area contributed by atoms with Crippen LogP contribution in [0.2, 0.25) is 0 Å². The number of hydrogen-bond donors (Lipinski definition) is 1. The van der Waals surface area contributed by atoms with Gasteiger partial charge in [0.1, 0.15) is 0 Å². The molecule has 0 radical (unpaired) electrons. The molecule has 26 heavy (non-hydrogen) atoms. The topological polar surface area (TPSA) is 59.8 Å². The molecule has 3 aromatic rings. The third-order valence-corrected chi connectivity index (χ3v) is 4.73. The van der Waals surface area contributed by atoms with Gasteiger partial charge >= 0.3 is 0 Å². The van der Waals surface area contributed by atoms with E-state index in [0.29, 0.717) is 12.2 Å². The number of amides is 1. The minimum absolute atomic E-state index is 0.211. The highest BCUT2D eigenvalue weighted by atomic mass is 16.2. The standard InChI is InChI=1S/C21H24N4O/c1-5-17-7-9-18(10-8-17)13-22-21(26)20-16(4)25(24-23-20)19-11-6-14(2)15(3)12-19/h6-12H,5,13H2,1-4H3,(H,22,26). The summed E-state index contributed by atoms with van der Waals surface area (Å²) in [7, 11) is 0. The Morgan fingerprint density at radius 2 is 1.69 bits per heavy atom. The van der Waals surface area contributed by atoms with E-state index in [2.05, 4.69) is 48.5 Å². The second-order valence-corrected chi connectivity index (χ2v) is 6.56. The summed E-state index contributed by atoms with van der Waals surface area (Å²) in [5.41, 5.74) is 6.74. The molecule has 3 rings (SSSR count).